The minimum absolute atomic E-state index is 0.197. The number of H-pyrrole nitrogens is 1. The number of imidazole rings is 1. The second kappa shape index (κ2) is 6.68. The second-order valence-corrected chi connectivity index (χ2v) is 6.08. The summed E-state index contributed by atoms with van der Waals surface area (Å²) >= 11 is 0. The van der Waals surface area contributed by atoms with E-state index in [0.717, 1.165) is 0 Å². The molecule has 4 rings (SSSR count). The van der Waals surface area contributed by atoms with Gasteiger partial charge in [-0.1, -0.05) is 12.1 Å². The molecule has 136 valence electrons. The van der Waals surface area contributed by atoms with Gasteiger partial charge < -0.3 is 4.74 Å². The number of pyridine rings is 1. The number of halogens is 2. The van der Waals surface area contributed by atoms with Gasteiger partial charge in [0.25, 0.3) is 0 Å². The molecule has 1 N–H and O–H groups in total. The molecule has 0 spiro atoms. The molecule has 0 aliphatic heterocycles. The number of fused-ring (bicyclic) bond motifs is 1. The molecule has 2 aromatic heterocycles. The smallest absolute Gasteiger partial charge is 0.327 e. The molecule has 7 heteroatoms. The number of aromatic amines is 1. The first kappa shape index (κ1) is 17.0. The summed E-state index contributed by atoms with van der Waals surface area (Å²) in [4.78, 5) is 19.3. The zero-order chi connectivity index (χ0) is 19.0. The van der Waals surface area contributed by atoms with Gasteiger partial charge in [0.2, 0.25) is 0 Å². The molecule has 0 saturated heterocycles. The number of nitrogens with zero attached hydrogens (tertiary/aromatic N) is 2. The van der Waals surface area contributed by atoms with Crippen molar-refractivity contribution in [2.24, 2.45) is 0 Å². The van der Waals surface area contributed by atoms with Crippen molar-refractivity contribution in [2.45, 2.75) is 6.54 Å². The lowest BCUT2D eigenvalue weighted by Gasteiger charge is -2.09. The molecule has 5 nitrogen and oxygen atoms in total. The Morgan fingerprint density at radius 2 is 1.93 bits per heavy atom. The van der Waals surface area contributed by atoms with Gasteiger partial charge in [-0.15, -0.1) is 0 Å². The lowest BCUT2D eigenvalue weighted by Crippen LogP contribution is -2.17. The van der Waals surface area contributed by atoms with Crippen LogP contribution in [0.2, 0.25) is 0 Å². The summed E-state index contributed by atoms with van der Waals surface area (Å²) in [5.74, 6) is -0.407. The van der Waals surface area contributed by atoms with Crippen LogP contribution in [0.25, 0.3) is 22.3 Å². The first-order valence-electron chi connectivity index (χ1n) is 8.22. The molecule has 0 radical (unpaired) electrons. The van der Waals surface area contributed by atoms with Gasteiger partial charge in [0.05, 0.1) is 19.2 Å². The van der Waals surface area contributed by atoms with E-state index in [1.807, 2.05) is 0 Å². The molecular formula is C20H15F2N3O2. The van der Waals surface area contributed by atoms with Crippen LogP contribution >= 0.6 is 0 Å². The normalized spacial score (nSPS) is 11.1. The van der Waals surface area contributed by atoms with Crippen molar-refractivity contribution in [3.63, 3.8) is 0 Å². The third-order valence-electron chi connectivity index (χ3n) is 4.33. The van der Waals surface area contributed by atoms with E-state index < -0.39 is 5.82 Å². The summed E-state index contributed by atoms with van der Waals surface area (Å²) in [6, 6.07) is 12.1. The van der Waals surface area contributed by atoms with E-state index in [9.17, 15) is 13.6 Å². The number of aromatic nitrogens is 3. The number of methoxy groups -OCH3 is 1. The van der Waals surface area contributed by atoms with Gasteiger partial charge in [0, 0.05) is 23.4 Å². The van der Waals surface area contributed by atoms with Gasteiger partial charge in [0.1, 0.15) is 17.4 Å². The van der Waals surface area contributed by atoms with Gasteiger partial charge in [-0.25, -0.2) is 18.6 Å². The Bertz CT molecular complexity index is 1200. The van der Waals surface area contributed by atoms with Crippen LogP contribution in [0.3, 0.4) is 0 Å². The summed E-state index contributed by atoms with van der Waals surface area (Å²) in [7, 11) is 1.46. The first-order valence-corrected chi connectivity index (χ1v) is 8.22. The second-order valence-electron chi connectivity index (χ2n) is 6.08. The number of hydrogen-bond acceptors (Lipinski definition) is 3. The van der Waals surface area contributed by atoms with Crippen LogP contribution < -0.4 is 10.4 Å². The molecule has 0 aliphatic rings. The van der Waals surface area contributed by atoms with E-state index in [1.165, 1.54) is 35.9 Å². The van der Waals surface area contributed by atoms with Crippen molar-refractivity contribution in [1.82, 2.24) is 14.5 Å². The SMILES string of the molecule is COc1cc(F)ccc1-c1cnc2[nH]c(=O)n(Cc3cccc(F)c3)c2c1. The molecule has 0 bridgehead atoms. The largest absolute Gasteiger partial charge is 0.496 e. The molecule has 27 heavy (non-hydrogen) atoms. The molecule has 4 aromatic rings. The van der Waals surface area contributed by atoms with Crippen LogP contribution in [-0.2, 0) is 6.54 Å². The average molecular weight is 367 g/mol. The van der Waals surface area contributed by atoms with E-state index >= 15 is 0 Å². The fraction of sp³-hybridized carbons (Fsp3) is 0.100. The topological polar surface area (TPSA) is 59.9 Å². The molecule has 0 fully saturated rings. The van der Waals surface area contributed by atoms with E-state index in [4.69, 9.17) is 4.74 Å². The van der Waals surface area contributed by atoms with Gasteiger partial charge in [0.15, 0.2) is 5.65 Å². The van der Waals surface area contributed by atoms with Crippen LogP contribution in [0.1, 0.15) is 5.56 Å². The Kier molecular flexibility index (Phi) is 4.19. The maximum atomic E-state index is 13.5. The molecular weight excluding hydrogens is 352 g/mol. The maximum absolute atomic E-state index is 13.5. The highest BCUT2D eigenvalue weighted by Gasteiger charge is 2.13. The van der Waals surface area contributed by atoms with E-state index in [1.54, 1.807) is 30.5 Å². The van der Waals surface area contributed by atoms with Crippen molar-refractivity contribution in [3.05, 3.63) is 82.4 Å². The van der Waals surface area contributed by atoms with Gasteiger partial charge in [-0.2, -0.15) is 0 Å². The highest BCUT2D eigenvalue weighted by molar-refractivity contribution is 5.80. The number of benzene rings is 2. The quantitative estimate of drug-likeness (QED) is 0.598. The summed E-state index contributed by atoms with van der Waals surface area (Å²) in [6.07, 6.45) is 1.58. The lowest BCUT2D eigenvalue weighted by atomic mass is 10.1. The predicted octanol–water partition coefficient (Wildman–Crippen LogP) is 3.73. The van der Waals surface area contributed by atoms with Crippen molar-refractivity contribution >= 4 is 11.2 Å². The average Bonchev–Trinajstić information content (AvgIpc) is 2.96. The molecule has 0 saturated carbocycles. The number of ether oxygens (including phenoxy) is 1. The fourth-order valence-electron chi connectivity index (χ4n) is 3.06. The molecule has 0 unspecified atom stereocenters. The van der Waals surface area contributed by atoms with Crippen molar-refractivity contribution in [3.8, 4) is 16.9 Å². The zero-order valence-corrected chi connectivity index (χ0v) is 14.4. The standard InChI is InChI=1S/C20H15F2N3O2/c1-27-18-9-15(22)5-6-16(18)13-8-17-19(23-10-13)24-20(26)25(17)11-12-3-2-4-14(21)7-12/h2-10H,11H2,1H3,(H,23,24,26). The molecule has 2 heterocycles. The Morgan fingerprint density at radius 1 is 1.11 bits per heavy atom. The number of rotatable bonds is 4. The van der Waals surface area contributed by atoms with Crippen molar-refractivity contribution in [1.29, 1.82) is 0 Å². The van der Waals surface area contributed by atoms with Gasteiger partial charge in [-0.3, -0.25) is 9.55 Å². The third-order valence-corrected chi connectivity index (χ3v) is 4.33. The van der Waals surface area contributed by atoms with E-state index in [2.05, 4.69) is 9.97 Å². The van der Waals surface area contributed by atoms with Crippen molar-refractivity contribution < 1.29 is 13.5 Å². The highest BCUT2D eigenvalue weighted by atomic mass is 19.1. The van der Waals surface area contributed by atoms with Gasteiger partial charge >= 0.3 is 5.69 Å². The van der Waals surface area contributed by atoms with Crippen molar-refractivity contribution in [2.75, 3.05) is 7.11 Å². The third kappa shape index (κ3) is 3.19. The van der Waals surface area contributed by atoms with Gasteiger partial charge in [-0.05, 0) is 35.9 Å². The molecule has 0 atom stereocenters. The highest BCUT2D eigenvalue weighted by Crippen LogP contribution is 2.31. The summed E-state index contributed by atoms with van der Waals surface area (Å²) in [5.41, 5.74) is 2.62. The van der Waals surface area contributed by atoms with Crippen LogP contribution in [0, 0.1) is 11.6 Å². The zero-order valence-electron chi connectivity index (χ0n) is 14.4. The Balaban J connectivity index is 1.84. The Hall–Kier alpha value is -3.48. The molecule has 0 aliphatic carbocycles. The van der Waals surface area contributed by atoms with Crippen LogP contribution in [0.5, 0.6) is 5.75 Å². The summed E-state index contributed by atoms with van der Waals surface area (Å²) in [6.45, 7) is 0.197. The Labute approximate surface area is 152 Å². The van der Waals surface area contributed by atoms with Crippen LogP contribution in [0.4, 0.5) is 8.78 Å². The Morgan fingerprint density at radius 3 is 2.70 bits per heavy atom. The van der Waals surface area contributed by atoms with Crippen LogP contribution in [-0.4, -0.2) is 21.6 Å². The lowest BCUT2D eigenvalue weighted by molar-refractivity contribution is 0.413. The van der Waals surface area contributed by atoms with Crippen LogP contribution in [0.15, 0.2) is 59.5 Å². The van der Waals surface area contributed by atoms with E-state index in [-0.39, 0.29) is 18.1 Å². The monoisotopic (exact) mass is 367 g/mol. The predicted molar refractivity (Wildman–Crippen MR) is 97.8 cm³/mol. The van der Waals surface area contributed by atoms with E-state index in [0.29, 0.717) is 33.6 Å². The number of hydrogen-bond donors (Lipinski definition) is 1. The number of nitrogens with one attached hydrogen (secondary N) is 1. The minimum Gasteiger partial charge on any atom is -0.496 e. The molecule has 0 amide bonds. The maximum Gasteiger partial charge on any atom is 0.327 e. The summed E-state index contributed by atoms with van der Waals surface area (Å²) in [5, 5.41) is 0. The first-order chi connectivity index (χ1) is 13.0. The fourth-order valence-corrected chi connectivity index (χ4v) is 3.06. The minimum atomic E-state index is -0.408. The summed E-state index contributed by atoms with van der Waals surface area (Å²) < 4.78 is 33.7. The molecule has 2 aromatic carbocycles.